The molecule has 6 nitrogen and oxygen atoms in total. The van der Waals surface area contributed by atoms with Gasteiger partial charge in [-0.1, -0.05) is 30.3 Å². The third kappa shape index (κ3) is 4.48. The third-order valence-corrected chi connectivity index (χ3v) is 4.46. The number of hydrogen-bond acceptors (Lipinski definition) is 4. The molecule has 6 heteroatoms. The number of nitrogens with one attached hydrogen (secondary N) is 1. The van der Waals surface area contributed by atoms with E-state index in [4.69, 9.17) is 4.42 Å². The van der Waals surface area contributed by atoms with Crippen LogP contribution in [0, 0.1) is 0 Å². The maximum absolute atomic E-state index is 12.6. The number of nitrogens with zero attached hydrogens (tertiary/aromatic N) is 2. The minimum Gasteiger partial charge on any atom is -0.467 e. The molecule has 1 aromatic heterocycles. The van der Waals surface area contributed by atoms with Gasteiger partial charge in [0.2, 0.25) is 11.8 Å². The number of carbonyl (C=O) groups is 2. The van der Waals surface area contributed by atoms with Gasteiger partial charge in [-0.3, -0.25) is 14.5 Å². The van der Waals surface area contributed by atoms with E-state index in [1.54, 1.807) is 18.2 Å². The molecule has 1 atom stereocenters. The van der Waals surface area contributed by atoms with Gasteiger partial charge in [0.15, 0.2) is 0 Å². The van der Waals surface area contributed by atoms with Crippen molar-refractivity contribution in [1.82, 2.24) is 15.1 Å². The Labute approximate surface area is 147 Å². The summed E-state index contributed by atoms with van der Waals surface area (Å²) in [4.78, 5) is 28.4. The average molecular weight is 341 g/mol. The molecule has 1 fully saturated rings. The van der Waals surface area contributed by atoms with E-state index in [1.807, 2.05) is 42.5 Å². The molecule has 0 spiro atoms. The number of hydrogen-bond donors (Lipinski definition) is 1. The minimum absolute atomic E-state index is 0.00619. The van der Waals surface area contributed by atoms with Crippen LogP contribution in [0.15, 0.2) is 53.1 Å². The molecule has 0 radical (unpaired) electrons. The summed E-state index contributed by atoms with van der Waals surface area (Å²) in [6.45, 7) is 1.90. The van der Waals surface area contributed by atoms with Crippen LogP contribution in [0.4, 0.5) is 0 Å². The Bertz CT molecular complexity index is 700. The minimum atomic E-state index is -0.0929. The van der Waals surface area contributed by atoms with Crippen LogP contribution in [-0.2, 0) is 16.1 Å². The molecule has 1 N–H and O–H groups in total. The lowest BCUT2D eigenvalue weighted by Crippen LogP contribution is -2.40. The van der Waals surface area contributed by atoms with Crippen LogP contribution in [0.2, 0.25) is 0 Å². The Morgan fingerprint density at radius 2 is 2.08 bits per heavy atom. The molecule has 0 saturated carbocycles. The van der Waals surface area contributed by atoms with Crippen LogP contribution in [0.25, 0.3) is 0 Å². The van der Waals surface area contributed by atoms with Crippen LogP contribution in [0.1, 0.15) is 23.8 Å². The quantitative estimate of drug-likeness (QED) is 0.901. The van der Waals surface area contributed by atoms with Gasteiger partial charge in [0.1, 0.15) is 5.76 Å². The zero-order valence-corrected chi connectivity index (χ0v) is 14.4. The summed E-state index contributed by atoms with van der Waals surface area (Å²) >= 11 is 0. The first-order valence-corrected chi connectivity index (χ1v) is 8.45. The zero-order chi connectivity index (χ0) is 17.6. The first kappa shape index (κ1) is 17.2. The fraction of sp³-hybridized carbons (Fsp3) is 0.368. The highest BCUT2D eigenvalue weighted by Gasteiger charge is 2.28. The maximum atomic E-state index is 12.6. The number of carbonyl (C=O) groups excluding carboxylic acids is 2. The van der Waals surface area contributed by atoms with Crippen molar-refractivity contribution in [2.45, 2.75) is 19.0 Å². The molecule has 0 aliphatic carbocycles. The zero-order valence-electron chi connectivity index (χ0n) is 14.4. The van der Waals surface area contributed by atoms with Crippen LogP contribution >= 0.6 is 0 Å². The largest absolute Gasteiger partial charge is 0.467 e. The van der Waals surface area contributed by atoms with Gasteiger partial charge in [0.25, 0.3) is 0 Å². The van der Waals surface area contributed by atoms with Crippen molar-refractivity contribution < 1.29 is 14.0 Å². The van der Waals surface area contributed by atoms with Crippen LogP contribution < -0.4 is 5.32 Å². The maximum Gasteiger partial charge on any atom is 0.236 e. The lowest BCUT2D eigenvalue weighted by atomic mass is 10.0. The lowest BCUT2D eigenvalue weighted by Gasteiger charge is -2.30. The molecule has 132 valence electrons. The molecule has 2 heterocycles. The summed E-state index contributed by atoms with van der Waals surface area (Å²) in [7, 11) is 1.77. The molecule has 25 heavy (non-hydrogen) atoms. The van der Waals surface area contributed by atoms with Crippen LogP contribution in [-0.4, -0.2) is 48.3 Å². The van der Waals surface area contributed by atoms with Crippen molar-refractivity contribution in [2.24, 2.45) is 0 Å². The highest BCUT2D eigenvalue weighted by Crippen LogP contribution is 2.25. The molecule has 1 saturated heterocycles. The topological polar surface area (TPSA) is 65.8 Å². The SMILES string of the molecule is CN(Cc1ccco1)C(=O)CN1CCNC(=O)C[C@@H]1c1ccccc1. The number of furan rings is 1. The highest BCUT2D eigenvalue weighted by molar-refractivity contribution is 5.79. The molecule has 0 unspecified atom stereocenters. The second-order valence-corrected chi connectivity index (χ2v) is 6.28. The van der Waals surface area contributed by atoms with Crippen LogP contribution in [0.3, 0.4) is 0 Å². The van der Waals surface area contributed by atoms with E-state index in [9.17, 15) is 9.59 Å². The number of rotatable bonds is 5. The molecule has 2 amide bonds. The van der Waals surface area contributed by atoms with Gasteiger partial charge in [-0.15, -0.1) is 0 Å². The summed E-state index contributed by atoms with van der Waals surface area (Å²) < 4.78 is 5.31. The van der Waals surface area contributed by atoms with E-state index in [1.165, 1.54) is 0 Å². The summed E-state index contributed by atoms with van der Waals surface area (Å²) in [5.41, 5.74) is 1.06. The first-order chi connectivity index (χ1) is 12.1. The van der Waals surface area contributed by atoms with Gasteiger partial charge in [-0.05, 0) is 17.7 Å². The van der Waals surface area contributed by atoms with Gasteiger partial charge in [-0.25, -0.2) is 0 Å². The molecule has 1 aliphatic heterocycles. The number of likely N-dealkylation sites (N-methyl/N-ethyl adjacent to an activating group) is 1. The predicted molar refractivity (Wildman–Crippen MR) is 93.6 cm³/mol. The molecular formula is C19H23N3O3. The van der Waals surface area contributed by atoms with E-state index in [0.717, 1.165) is 11.3 Å². The smallest absolute Gasteiger partial charge is 0.236 e. The molecular weight excluding hydrogens is 318 g/mol. The first-order valence-electron chi connectivity index (χ1n) is 8.45. The lowest BCUT2D eigenvalue weighted by molar-refractivity contribution is -0.132. The average Bonchev–Trinajstić information content (AvgIpc) is 3.05. The summed E-state index contributed by atoms with van der Waals surface area (Å²) in [6, 6.07) is 13.5. The van der Waals surface area contributed by atoms with E-state index >= 15 is 0 Å². The molecule has 1 aromatic carbocycles. The molecule has 2 aromatic rings. The van der Waals surface area contributed by atoms with E-state index in [2.05, 4.69) is 10.2 Å². The molecule has 1 aliphatic rings. The second kappa shape index (κ2) is 7.98. The summed E-state index contributed by atoms with van der Waals surface area (Å²) in [6.07, 6.45) is 1.96. The van der Waals surface area contributed by atoms with Crippen molar-refractivity contribution in [3.05, 3.63) is 60.1 Å². The van der Waals surface area contributed by atoms with Crippen molar-refractivity contribution in [1.29, 1.82) is 0 Å². The molecule has 3 rings (SSSR count). The van der Waals surface area contributed by atoms with Gasteiger partial charge >= 0.3 is 0 Å². The monoisotopic (exact) mass is 341 g/mol. The number of amides is 2. The Hall–Kier alpha value is -2.60. The Morgan fingerprint density at radius 3 is 2.80 bits per heavy atom. The number of benzene rings is 1. The standard InChI is InChI=1S/C19H23N3O3/c1-21(13-16-8-5-11-25-16)19(24)14-22-10-9-20-18(23)12-17(22)15-6-3-2-4-7-15/h2-8,11,17H,9-10,12-14H2,1H3,(H,20,23)/t17-/m1/s1. The van der Waals surface area contributed by atoms with Crippen LogP contribution in [0.5, 0.6) is 0 Å². The van der Waals surface area contributed by atoms with Crippen molar-refractivity contribution in [2.75, 3.05) is 26.7 Å². The Balaban J connectivity index is 1.71. The van der Waals surface area contributed by atoms with Gasteiger partial charge < -0.3 is 14.6 Å². The van der Waals surface area contributed by atoms with E-state index in [-0.39, 0.29) is 24.4 Å². The fourth-order valence-corrected chi connectivity index (χ4v) is 3.08. The second-order valence-electron chi connectivity index (χ2n) is 6.28. The van der Waals surface area contributed by atoms with Crippen molar-refractivity contribution in [3.63, 3.8) is 0 Å². The predicted octanol–water partition coefficient (Wildman–Crippen LogP) is 1.80. The van der Waals surface area contributed by atoms with Gasteiger partial charge in [-0.2, -0.15) is 0 Å². The van der Waals surface area contributed by atoms with Crippen molar-refractivity contribution >= 4 is 11.8 Å². The van der Waals surface area contributed by atoms with Gasteiger partial charge in [0.05, 0.1) is 19.4 Å². The normalized spacial score (nSPS) is 18.4. The summed E-state index contributed by atoms with van der Waals surface area (Å²) in [5.74, 6) is 0.780. The van der Waals surface area contributed by atoms with E-state index < -0.39 is 0 Å². The van der Waals surface area contributed by atoms with Gasteiger partial charge in [0, 0.05) is 32.6 Å². The fourth-order valence-electron chi connectivity index (χ4n) is 3.08. The Morgan fingerprint density at radius 1 is 1.28 bits per heavy atom. The van der Waals surface area contributed by atoms with Crippen molar-refractivity contribution in [3.8, 4) is 0 Å². The highest BCUT2D eigenvalue weighted by atomic mass is 16.3. The molecule has 0 bridgehead atoms. The van der Waals surface area contributed by atoms with E-state index in [0.29, 0.717) is 26.1 Å². The third-order valence-electron chi connectivity index (χ3n) is 4.46. The Kier molecular flexibility index (Phi) is 5.50. The summed E-state index contributed by atoms with van der Waals surface area (Å²) in [5, 5.41) is 2.89.